The van der Waals surface area contributed by atoms with Gasteiger partial charge in [-0.25, -0.2) is 4.68 Å². The molecule has 4 aromatic rings. The first-order valence-corrected chi connectivity index (χ1v) is 9.63. The van der Waals surface area contributed by atoms with Gasteiger partial charge in [0, 0.05) is 22.7 Å². The molecule has 27 heavy (non-hydrogen) atoms. The molecule has 6 nitrogen and oxygen atoms in total. The molecule has 1 atom stereocenters. The van der Waals surface area contributed by atoms with Gasteiger partial charge in [0.2, 0.25) is 5.16 Å². The SMILES string of the molecule is CC(C)n1nnnc1S[C@H](C(=O)c1c[nH]c2ccccc12)c1ccccc1. The minimum atomic E-state index is -0.436. The minimum absolute atomic E-state index is 0.0296. The van der Waals surface area contributed by atoms with Gasteiger partial charge >= 0.3 is 0 Å². The second kappa shape index (κ2) is 7.36. The molecule has 0 unspecified atom stereocenters. The Morgan fingerprint density at radius 1 is 1.07 bits per heavy atom. The number of rotatable bonds is 6. The highest BCUT2D eigenvalue weighted by Gasteiger charge is 2.28. The zero-order valence-electron chi connectivity index (χ0n) is 15.0. The number of thioether (sulfide) groups is 1. The van der Waals surface area contributed by atoms with E-state index in [9.17, 15) is 4.79 Å². The van der Waals surface area contributed by atoms with Crippen LogP contribution in [0.25, 0.3) is 10.9 Å². The Kier molecular flexibility index (Phi) is 4.77. The first-order valence-electron chi connectivity index (χ1n) is 8.75. The number of aromatic nitrogens is 5. The van der Waals surface area contributed by atoms with Crippen molar-refractivity contribution in [3.05, 3.63) is 71.9 Å². The zero-order valence-corrected chi connectivity index (χ0v) is 15.9. The molecule has 2 aromatic heterocycles. The number of para-hydroxylation sites is 1. The lowest BCUT2D eigenvalue weighted by atomic mass is 10.0. The van der Waals surface area contributed by atoms with Crippen molar-refractivity contribution in [3.8, 4) is 0 Å². The lowest BCUT2D eigenvalue weighted by molar-refractivity contribution is 0.0991. The van der Waals surface area contributed by atoms with Crippen molar-refractivity contribution in [1.82, 2.24) is 25.2 Å². The van der Waals surface area contributed by atoms with Gasteiger partial charge in [-0.1, -0.05) is 60.3 Å². The number of hydrogen-bond acceptors (Lipinski definition) is 5. The molecule has 2 aromatic carbocycles. The van der Waals surface area contributed by atoms with E-state index < -0.39 is 5.25 Å². The molecular weight excluding hydrogens is 358 g/mol. The van der Waals surface area contributed by atoms with Gasteiger partial charge in [-0.2, -0.15) is 0 Å². The van der Waals surface area contributed by atoms with Crippen LogP contribution < -0.4 is 0 Å². The van der Waals surface area contributed by atoms with Gasteiger partial charge in [0.25, 0.3) is 0 Å². The molecular formula is C20H19N5OS. The zero-order chi connectivity index (χ0) is 18.8. The van der Waals surface area contributed by atoms with Crippen molar-refractivity contribution in [2.75, 3.05) is 0 Å². The van der Waals surface area contributed by atoms with Crippen molar-refractivity contribution in [2.24, 2.45) is 0 Å². The first-order chi connectivity index (χ1) is 13.1. The van der Waals surface area contributed by atoms with Crippen molar-refractivity contribution in [3.63, 3.8) is 0 Å². The lowest BCUT2D eigenvalue weighted by Gasteiger charge is -2.16. The Balaban J connectivity index is 1.76. The van der Waals surface area contributed by atoms with Crippen LogP contribution in [0.5, 0.6) is 0 Å². The van der Waals surface area contributed by atoms with Crippen molar-refractivity contribution in [1.29, 1.82) is 0 Å². The fourth-order valence-corrected chi connectivity index (χ4v) is 4.19. The number of fused-ring (bicyclic) bond motifs is 1. The number of tetrazole rings is 1. The van der Waals surface area contributed by atoms with Crippen molar-refractivity contribution < 1.29 is 4.79 Å². The molecule has 4 rings (SSSR count). The summed E-state index contributed by atoms with van der Waals surface area (Å²) in [4.78, 5) is 16.7. The third-order valence-electron chi connectivity index (χ3n) is 4.37. The second-order valence-electron chi connectivity index (χ2n) is 6.52. The fourth-order valence-electron chi connectivity index (χ4n) is 3.01. The van der Waals surface area contributed by atoms with Crippen LogP contribution in [-0.2, 0) is 0 Å². The third kappa shape index (κ3) is 3.38. The maximum absolute atomic E-state index is 13.5. The minimum Gasteiger partial charge on any atom is -0.360 e. The average Bonchev–Trinajstić information content (AvgIpc) is 3.33. The van der Waals surface area contributed by atoms with Crippen LogP contribution >= 0.6 is 11.8 Å². The van der Waals surface area contributed by atoms with E-state index in [2.05, 4.69) is 20.5 Å². The predicted molar refractivity (Wildman–Crippen MR) is 106 cm³/mol. The van der Waals surface area contributed by atoms with Crippen LogP contribution in [0.15, 0.2) is 66.0 Å². The highest BCUT2D eigenvalue weighted by Crippen LogP contribution is 2.38. The summed E-state index contributed by atoms with van der Waals surface area (Å²) in [5, 5.41) is 13.1. The molecule has 0 saturated carbocycles. The molecule has 1 N–H and O–H groups in total. The monoisotopic (exact) mass is 377 g/mol. The summed E-state index contributed by atoms with van der Waals surface area (Å²) >= 11 is 1.38. The normalized spacial score (nSPS) is 12.6. The van der Waals surface area contributed by atoms with Gasteiger partial charge < -0.3 is 4.98 Å². The summed E-state index contributed by atoms with van der Waals surface area (Å²) < 4.78 is 1.74. The van der Waals surface area contributed by atoms with E-state index in [4.69, 9.17) is 0 Å². The summed E-state index contributed by atoms with van der Waals surface area (Å²) in [5.41, 5.74) is 2.55. The predicted octanol–water partition coefficient (Wildman–Crippen LogP) is 4.45. The van der Waals surface area contributed by atoms with Gasteiger partial charge in [0.15, 0.2) is 5.78 Å². The molecule has 2 heterocycles. The number of hydrogen-bond donors (Lipinski definition) is 1. The molecule has 0 saturated heterocycles. The van der Waals surface area contributed by atoms with Gasteiger partial charge in [0.05, 0.1) is 6.04 Å². The van der Waals surface area contributed by atoms with E-state index in [1.54, 1.807) is 10.9 Å². The van der Waals surface area contributed by atoms with Gasteiger partial charge in [-0.3, -0.25) is 4.79 Å². The second-order valence-corrected chi connectivity index (χ2v) is 7.59. The van der Waals surface area contributed by atoms with E-state index in [0.717, 1.165) is 16.5 Å². The van der Waals surface area contributed by atoms with E-state index in [-0.39, 0.29) is 11.8 Å². The molecule has 136 valence electrons. The number of carbonyl (C=O) groups excluding carboxylic acids is 1. The molecule has 0 spiro atoms. The van der Waals surface area contributed by atoms with Gasteiger partial charge in [0.1, 0.15) is 5.25 Å². The number of nitrogens with one attached hydrogen (secondary N) is 1. The Morgan fingerprint density at radius 3 is 2.59 bits per heavy atom. The highest BCUT2D eigenvalue weighted by molar-refractivity contribution is 8.00. The van der Waals surface area contributed by atoms with Crippen LogP contribution in [0.3, 0.4) is 0 Å². The van der Waals surface area contributed by atoms with E-state index in [0.29, 0.717) is 10.7 Å². The van der Waals surface area contributed by atoms with Crippen LogP contribution in [0.1, 0.15) is 41.1 Å². The number of Topliss-reactive ketones (excluding diaryl/α,β-unsaturated/α-hetero) is 1. The Hall–Kier alpha value is -2.93. The standard InChI is InChI=1S/C20H19N5OS/c1-13(2)25-20(22-23-24-25)27-19(14-8-4-3-5-9-14)18(26)16-12-21-17-11-7-6-10-15(16)17/h3-13,19,21H,1-2H3/t19-/m0/s1. The topological polar surface area (TPSA) is 76.5 Å². The fraction of sp³-hybridized carbons (Fsp3) is 0.200. The van der Waals surface area contributed by atoms with E-state index in [1.807, 2.05) is 68.4 Å². The summed E-state index contributed by atoms with van der Waals surface area (Å²) in [5.74, 6) is 0.0296. The molecule has 0 bridgehead atoms. The van der Waals surface area contributed by atoms with Crippen molar-refractivity contribution in [2.45, 2.75) is 30.3 Å². The van der Waals surface area contributed by atoms with Gasteiger partial charge in [-0.15, -0.1) is 5.10 Å². The molecule has 7 heteroatoms. The van der Waals surface area contributed by atoms with Crippen LogP contribution in [0.2, 0.25) is 0 Å². The van der Waals surface area contributed by atoms with Crippen LogP contribution in [0.4, 0.5) is 0 Å². The molecule has 0 aliphatic carbocycles. The Morgan fingerprint density at radius 2 is 1.81 bits per heavy atom. The van der Waals surface area contributed by atoms with Crippen LogP contribution in [-0.4, -0.2) is 31.0 Å². The molecule has 0 amide bonds. The maximum Gasteiger partial charge on any atom is 0.210 e. The number of aromatic amines is 1. The number of nitrogens with zero attached hydrogens (tertiary/aromatic N) is 4. The lowest BCUT2D eigenvalue weighted by Crippen LogP contribution is -2.12. The average molecular weight is 377 g/mol. The summed E-state index contributed by atoms with van der Waals surface area (Å²) in [6.45, 7) is 4.03. The first kappa shape index (κ1) is 17.5. The molecule has 0 fully saturated rings. The summed E-state index contributed by atoms with van der Waals surface area (Å²) in [7, 11) is 0. The third-order valence-corrected chi connectivity index (χ3v) is 5.57. The molecule has 0 aliphatic rings. The number of benzene rings is 2. The maximum atomic E-state index is 13.5. The largest absolute Gasteiger partial charge is 0.360 e. The summed E-state index contributed by atoms with van der Waals surface area (Å²) in [6.07, 6.45) is 1.79. The van der Waals surface area contributed by atoms with E-state index in [1.165, 1.54) is 11.8 Å². The van der Waals surface area contributed by atoms with Gasteiger partial charge in [-0.05, 0) is 35.9 Å². The number of H-pyrrole nitrogens is 1. The molecule has 0 aliphatic heterocycles. The number of ketones is 1. The number of carbonyl (C=O) groups is 1. The quantitative estimate of drug-likeness (QED) is 0.397. The Bertz CT molecular complexity index is 1070. The van der Waals surface area contributed by atoms with Crippen LogP contribution in [0, 0.1) is 0 Å². The smallest absolute Gasteiger partial charge is 0.210 e. The Labute approximate surface area is 161 Å². The summed E-state index contributed by atoms with van der Waals surface area (Å²) in [6, 6.07) is 17.7. The van der Waals surface area contributed by atoms with Crippen molar-refractivity contribution >= 4 is 28.4 Å². The van der Waals surface area contributed by atoms with E-state index >= 15 is 0 Å². The molecule has 0 radical (unpaired) electrons. The highest BCUT2D eigenvalue weighted by atomic mass is 32.2.